The largest absolute Gasteiger partial charge is 0.461 e. The van der Waals surface area contributed by atoms with Crippen molar-refractivity contribution in [3.63, 3.8) is 0 Å². The molecule has 2 heteroatoms. The Balaban J connectivity index is 2.09. The monoisotopic (exact) mass is 273 g/mol. The minimum Gasteiger partial charge on any atom is -0.461 e. The number of rotatable bonds is 5. The van der Waals surface area contributed by atoms with Gasteiger partial charge in [0, 0.05) is 23.9 Å². The van der Waals surface area contributed by atoms with Crippen molar-refractivity contribution < 1.29 is 4.42 Å². The normalized spacial score (nSPS) is 13.8. The SMILES string of the molecule is CCc1oc2ccccc2c1CNCC(C)C(C)(C)C. The first kappa shape index (κ1) is 15.1. The maximum Gasteiger partial charge on any atom is 0.134 e. The van der Waals surface area contributed by atoms with Gasteiger partial charge in [-0.15, -0.1) is 0 Å². The lowest BCUT2D eigenvalue weighted by atomic mass is 9.82. The van der Waals surface area contributed by atoms with Crippen molar-refractivity contribution in [1.82, 2.24) is 5.32 Å². The molecule has 0 saturated heterocycles. The Morgan fingerprint density at radius 1 is 1.20 bits per heavy atom. The molecule has 0 amide bonds. The molecule has 1 atom stereocenters. The quantitative estimate of drug-likeness (QED) is 0.849. The lowest BCUT2D eigenvalue weighted by molar-refractivity contribution is 0.252. The van der Waals surface area contributed by atoms with Crippen molar-refractivity contribution in [2.45, 2.75) is 47.6 Å². The van der Waals surface area contributed by atoms with Crippen LogP contribution in [0.1, 0.15) is 45.9 Å². The number of nitrogens with one attached hydrogen (secondary N) is 1. The second-order valence-electron chi connectivity index (χ2n) is 6.75. The molecular weight excluding hydrogens is 246 g/mol. The molecule has 2 nitrogen and oxygen atoms in total. The van der Waals surface area contributed by atoms with Gasteiger partial charge in [0.25, 0.3) is 0 Å². The van der Waals surface area contributed by atoms with Gasteiger partial charge < -0.3 is 9.73 Å². The number of benzene rings is 1. The Kier molecular flexibility index (Phi) is 4.54. The number of aryl methyl sites for hydroxylation is 1. The highest BCUT2D eigenvalue weighted by atomic mass is 16.3. The van der Waals surface area contributed by atoms with Gasteiger partial charge in [-0.1, -0.05) is 52.8 Å². The summed E-state index contributed by atoms with van der Waals surface area (Å²) in [5.74, 6) is 1.76. The molecule has 0 aliphatic heterocycles. The van der Waals surface area contributed by atoms with Crippen LogP contribution in [0.2, 0.25) is 0 Å². The topological polar surface area (TPSA) is 25.2 Å². The summed E-state index contributed by atoms with van der Waals surface area (Å²) < 4.78 is 5.93. The molecule has 1 heterocycles. The fourth-order valence-electron chi connectivity index (χ4n) is 2.35. The molecule has 0 fully saturated rings. The standard InChI is InChI=1S/C18H27NO/c1-6-16-15(12-19-11-13(2)18(3,4)5)14-9-7-8-10-17(14)20-16/h7-10,13,19H,6,11-12H2,1-5H3. The first-order chi connectivity index (χ1) is 9.43. The van der Waals surface area contributed by atoms with E-state index in [0.29, 0.717) is 11.3 Å². The highest BCUT2D eigenvalue weighted by Gasteiger charge is 2.20. The second kappa shape index (κ2) is 6.01. The minimum absolute atomic E-state index is 0.346. The van der Waals surface area contributed by atoms with Crippen LogP contribution in [0, 0.1) is 11.3 Å². The summed E-state index contributed by atoms with van der Waals surface area (Å²) in [4.78, 5) is 0. The predicted molar refractivity (Wildman–Crippen MR) is 85.9 cm³/mol. The lowest BCUT2D eigenvalue weighted by Crippen LogP contribution is -2.29. The third kappa shape index (κ3) is 3.24. The summed E-state index contributed by atoms with van der Waals surface area (Å²) in [7, 11) is 0. The Bertz CT molecular complexity index is 562. The zero-order chi connectivity index (χ0) is 14.8. The Hall–Kier alpha value is -1.28. The molecule has 0 saturated carbocycles. The second-order valence-corrected chi connectivity index (χ2v) is 6.75. The van der Waals surface area contributed by atoms with Crippen LogP contribution in [0.4, 0.5) is 0 Å². The van der Waals surface area contributed by atoms with Crippen molar-refractivity contribution >= 4 is 11.0 Å². The molecule has 0 bridgehead atoms. The molecule has 0 radical (unpaired) electrons. The van der Waals surface area contributed by atoms with E-state index in [1.54, 1.807) is 0 Å². The first-order valence-corrected chi connectivity index (χ1v) is 7.63. The van der Waals surface area contributed by atoms with Gasteiger partial charge in [-0.3, -0.25) is 0 Å². The van der Waals surface area contributed by atoms with Crippen LogP contribution < -0.4 is 5.32 Å². The zero-order valence-electron chi connectivity index (χ0n) is 13.4. The van der Waals surface area contributed by atoms with E-state index in [-0.39, 0.29) is 0 Å². The molecule has 110 valence electrons. The average molecular weight is 273 g/mol. The molecule has 0 aliphatic carbocycles. The Labute approximate surface area is 122 Å². The molecule has 2 aromatic rings. The van der Waals surface area contributed by atoms with Crippen molar-refractivity contribution in [2.24, 2.45) is 11.3 Å². The number of fused-ring (bicyclic) bond motifs is 1. The lowest BCUT2D eigenvalue weighted by Gasteiger charge is -2.27. The first-order valence-electron chi connectivity index (χ1n) is 7.63. The van der Waals surface area contributed by atoms with Gasteiger partial charge in [0.15, 0.2) is 0 Å². The van der Waals surface area contributed by atoms with E-state index in [0.717, 1.165) is 30.9 Å². The molecule has 1 N–H and O–H groups in total. The van der Waals surface area contributed by atoms with Crippen LogP contribution in [0.5, 0.6) is 0 Å². The molecule has 20 heavy (non-hydrogen) atoms. The number of hydrogen-bond acceptors (Lipinski definition) is 2. The smallest absolute Gasteiger partial charge is 0.134 e. The van der Waals surface area contributed by atoms with Crippen molar-refractivity contribution in [3.05, 3.63) is 35.6 Å². The van der Waals surface area contributed by atoms with E-state index in [2.05, 4.69) is 58.1 Å². The van der Waals surface area contributed by atoms with Crippen LogP contribution in [0.15, 0.2) is 28.7 Å². The maximum atomic E-state index is 5.93. The van der Waals surface area contributed by atoms with Crippen LogP contribution in [0.3, 0.4) is 0 Å². The third-order valence-electron chi connectivity index (χ3n) is 4.33. The number of hydrogen-bond donors (Lipinski definition) is 1. The fourth-order valence-corrected chi connectivity index (χ4v) is 2.35. The predicted octanol–water partition coefficient (Wildman–Crippen LogP) is 4.77. The molecular formula is C18H27NO. The molecule has 1 aromatic heterocycles. The van der Waals surface area contributed by atoms with Crippen molar-refractivity contribution in [3.8, 4) is 0 Å². The number of para-hydroxylation sites is 1. The fraction of sp³-hybridized carbons (Fsp3) is 0.556. The van der Waals surface area contributed by atoms with Gasteiger partial charge in [-0.2, -0.15) is 0 Å². The van der Waals surface area contributed by atoms with Gasteiger partial charge >= 0.3 is 0 Å². The summed E-state index contributed by atoms with van der Waals surface area (Å²) in [5.41, 5.74) is 2.67. The highest BCUT2D eigenvalue weighted by Crippen LogP contribution is 2.27. The molecule has 0 aliphatic rings. The van der Waals surface area contributed by atoms with E-state index in [1.165, 1.54) is 10.9 Å². The highest BCUT2D eigenvalue weighted by molar-refractivity contribution is 5.82. The van der Waals surface area contributed by atoms with Gasteiger partial charge in [-0.25, -0.2) is 0 Å². The molecule has 2 rings (SSSR count). The van der Waals surface area contributed by atoms with Gasteiger partial charge in [0.05, 0.1) is 0 Å². The third-order valence-corrected chi connectivity index (χ3v) is 4.33. The van der Waals surface area contributed by atoms with E-state index in [4.69, 9.17) is 4.42 Å². The number of furan rings is 1. The van der Waals surface area contributed by atoms with E-state index in [9.17, 15) is 0 Å². The summed E-state index contributed by atoms with van der Waals surface area (Å²) in [6.07, 6.45) is 0.945. The van der Waals surface area contributed by atoms with E-state index >= 15 is 0 Å². The van der Waals surface area contributed by atoms with Gasteiger partial charge in [0.2, 0.25) is 0 Å². The zero-order valence-corrected chi connectivity index (χ0v) is 13.4. The van der Waals surface area contributed by atoms with Gasteiger partial charge in [0.1, 0.15) is 11.3 Å². The maximum absolute atomic E-state index is 5.93. The van der Waals surface area contributed by atoms with Crippen LogP contribution in [-0.4, -0.2) is 6.54 Å². The van der Waals surface area contributed by atoms with Crippen LogP contribution >= 0.6 is 0 Å². The summed E-state index contributed by atoms with van der Waals surface area (Å²) >= 11 is 0. The van der Waals surface area contributed by atoms with E-state index < -0.39 is 0 Å². The Morgan fingerprint density at radius 2 is 1.90 bits per heavy atom. The summed E-state index contributed by atoms with van der Waals surface area (Å²) in [6, 6.07) is 8.32. The van der Waals surface area contributed by atoms with Crippen molar-refractivity contribution in [2.75, 3.05) is 6.54 Å². The van der Waals surface area contributed by atoms with E-state index in [1.807, 2.05) is 6.07 Å². The molecule has 0 spiro atoms. The van der Waals surface area contributed by atoms with Crippen molar-refractivity contribution in [1.29, 1.82) is 0 Å². The van der Waals surface area contributed by atoms with Crippen LogP contribution in [-0.2, 0) is 13.0 Å². The summed E-state index contributed by atoms with van der Waals surface area (Å²) in [5, 5.41) is 4.85. The van der Waals surface area contributed by atoms with Gasteiger partial charge in [-0.05, 0) is 23.9 Å². The summed E-state index contributed by atoms with van der Waals surface area (Å²) in [6.45, 7) is 13.3. The minimum atomic E-state index is 0.346. The Morgan fingerprint density at radius 3 is 2.55 bits per heavy atom. The average Bonchev–Trinajstić information content (AvgIpc) is 2.76. The molecule has 1 unspecified atom stereocenters. The van der Waals surface area contributed by atoms with Crippen LogP contribution in [0.25, 0.3) is 11.0 Å². The molecule has 1 aromatic carbocycles.